The van der Waals surface area contributed by atoms with Gasteiger partial charge in [-0.1, -0.05) is 101 Å². The number of carboxylic acid groups (broad SMARTS) is 2. The molecule has 0 radical (unpaired) electrons. The molecule has 0 amide bonds. The van der Waals surface area contributed by atoms with Crippen molar-refractivity contribution in [2.45, 2.75) is 83.0 Å². The first-order chi connectivity index (χ1) is 12.1. The molecule has 1 rings (SSSR count). The van der Waals surface area contributed by atoms with E-state index in [4.69, 9.17) is 0 Å². The van der Waals surface area contributed by atoms with Gasteiger partial charge in [0.25, 0.3) is 0 Å². The van der Waals surface area contributed by atoms with Crippen molar-refractivity contribution < 1.29 is 19.8 Å². The van der Waals surface area contributed by atoms with E-state index in [2.05, 4.69) is 6.92 Å². The Hall–Kier alpha value is -0.243. The van der Waals surface area contributed by atoms with Crippen LogP contribution in [0.15, 0.2) is 30.3 Å². The molecular formula is C21H34LiNaO4. The summed E-state index contributed by atoms with van der Waals surface area (Å²) in [6.45, 7) is 2.21. The molecule has 144 valence electrons. The van der Waals surface area contributed by atoms with Gasteiger partial charge in [-0.3, -0.25) is 9.59 Å². The first kappa shape index (κ1) is 29.0. The summed E-state index contributed by atoms with van der Waals surface area (Å²) < 4.78 is 0. The van der Waals surface area contributed by atoms with Crippen LogP contribution in [0.25, 0.3) is 0 Å². The molecule has 4 nitrogen and oxygen atoms in total. The van der Waals surface area contributed by atoms with E-state index in [0.717, 1.165) is 19.3 Å². The van der Waals surface area contributed by atoms with E-state index in [0.29, 0.717) is 12.0 Å². The van der Waals surface area contributed by atoms with Gasteiger partial charge in [-0.05, 0) is 12.0 Å². The molecule has 27 heavy (non-hydrogen) atoms. The van der Waals surface area contributed by atoms with Gasteiger partial charge in [0.2, 0.25) is 0 Å². The Morgan fingerprint density at radius 3 is 1.59 bits per heavy atom. The molecule has 0 aliphatic carbocycles. The fraction of sp³-hybridized carbons (Fsp3) is 0.619. The molecule has 0 aromatic heterocycles. The Labute approximate surface area is 198 Å². The number of aliphatic carboxylic acids is 2. The van der Waals surface area contributed by atoms with Gasteiger partial charge < -0.3 is 10.2 Å². The van der Waals surface area contributed by atoms with Crippen LogP contribution in [-0.4, -0.2) is 70.6 Å². The van der Waals surface area contributed by atoms with Crippen LogP contribution in [-0.2, 0) is 15.0 Å². The summed E-state index contributed by atoms with van der Waals surface area (Å²) in [5.41, 5.74) is -1.48. The third-order valence-electron chi connectivity index (χ3n) is 4.90. The monoisotopic (exact) mass is 380 g/mol. The minimum absolute atomic E-state index is 0. The maximum atomic E-state index is 11.8. The Bertz CT molecular complexity index is 508. The number of unbranched alkanes of at least 4 members (excludes halogenated alkanes) is 9. The number of carboxylic acids is 2. The second-order valence-corrected chi connectivity index (χ2v) is 6.81. The van der Waals surface area contributed by atoms with Crippen molar-refractivity contribution in [1.82, 2.24) is 0 Å². The van der Waals surface area contributed by atoms with Crippen LogP contribution in [0.5, 0.6) is 0 Å². The van der Waals surface area contributed by atoms with Gasteiger partial charge in [-0.2, -0.15) is 0 Å². The normalized spacial score (nSPS) is 10.6. The average molecular weight is 380 g/mol. The molecule has 0 atom stereocenters. The van der Waals surface area contributed by atoms with Crippen LogP contribution in [0.3, 0.4) is 0 Å². The Kier molecular flexibility index (Phi) is 17.9. The molecule has 2 N–H and O–H groups in total. The summed E-state index contributed by atoms with van der Waals surface area (Å²) in [6.07, 6.45) is 11.5. The zero-order chi connectivity index (χ0) is 18.5. The zero-order valence-corrected chi connectivity index (χ0v) is 15.4. The van der Waals surface area contributed by atoms with E-state index >= 15 is 0 Å². The summed E-state index contributed by atoms with van der Waals surface area (Å²) in [5.74, 6) is -2.55. The fourth-order valence-electron chi connectivity index (χ4n) is 3.30. The van der Waals surface area contributed by atoms with Gasteiger partial charge in [-0.15, -0.1) is 0 Å². The third-order valence-corrected chi connectivity index (χ3v) is 4.90. The molecule has 0 bridgehead atoms. The third kappa shape index (κ3) is 9.68. The Balaban J connectivity index is 0. The summed E-state index contributed by atoms with van der Waals surface area (Å²) in [4.78, 5) is 23.5. The molecular weight excluding hydrogens is 346 g/mol. The number of benzene rings is 1. The number of hydrogen-bond donors (Lipinski definition) is 2. The van der Waals surface area contributed by atoms with E-state index in [-0.39, 0.29) is 54.8 Å². The molecule has 1 aromatic carbocycles. The molecule has 0 spiro atoms. The SMILES string of the molecule is CCCCCCCCCCCCC(C(=O)O)(C(=O)O)c1ccccc1.[LiH].[NaH]. The Morgan fingerprint density at radius 1 is 0.778 bits per heavy atom. The van der Waals surface area contributed by atoms with Crippen LogP contribution in [0.4, 0.5) is 0 Å². The number of carbonyl (C=O) groups is 2. The van der Waals surface area contributed by atoms with Crippen LogP contribution in [0, 0.1) is 0 Å². The van der Waals surface area contributed by atoms with Gasteiger partial charge in [0, 0.05) is 0 Å². The van der Waals surface area contributed by atoms with Crippen molar-refractivity contribution in [3.63, 3.8) is 0 Å². The van der Waals surface area contributed by atoms with Crippen molar-refractivity contribution in [2.75, 3.05) is 0 Å². The zero-order valence-electron chi connectivity index (χ0n) is 15.4. The van der Waals surface area contributed by atoms with E-state index in [1.54, 1.807) is 30.3 Å². The van der Waals surface area contributed by atoms with Crippen LogP contribution >= 0.6 is 0 Å². The number of rotatable bonds is 14. The summed E-state index contributed by atoms with van der Waals surface area (Å²) in [5, 5.41) is 19.2. The average Bonchev–Trinajstić information content (AvgIpc) is 2.60. The van der Waals surface area contributed by atoms with Gasteiger partial charge in [0.1, 0.15) is 0 Å². The van der Waals surface area contributed by atoms with E-state index in [1.165, 1.54) is 38.5 Å². The molecule has 0 aliphatic heterocycles. The van der Waals surface area contributed by atoms with Crippen molar-refractivity contribution >= 4 is 60.4 Å². The van der Waals surface area contributed by atoms with Gasteiger partial charge in [0.05, 0.1) is 0 Å². The maximum absolute atomic E-state index is 11.8. The molecule has 6 heteroatoms. The second-order valence-electron chi connectivity index (χ2n) is 6.81. The van der Waals surface area contributed by atoms with Crippen molar-refractivity contribution in [3.05, 3.63) is 35.9 Å². The molecule has 0 saturated carbocycles. The molecule has 0 unspecified atom stereocenters. The number of hydrogen-bond acceptors (Lipinski definition) is 2. The molecule has 0 aliphatic rings. The van der Waals surface area contributed by atoms with Crippen molar-refractivity contribution in [2.24, 2.45) is 0 Å². The Morgan fingerprint density at radius 2 is 1.19 bits per heavy atom. The van der Waals surface area contributed by atoms with Gasteiger partial charge in [-0.25, -0.2) is 0 Å². The van der Waals surface area contributed by atoms with Gasteiger partial charge >= 0.3 is 60.4 Å². The predicted molar refractivity (Wildman–Crippen MR) is 114 cm³/mol. The molecule has 1 aromatic rings. The minimum atomic E-state index is -1.83. The summed E-state index contributed by atoms with van der Waals surface area (Å²) in [6, 6.07) is 8.33. The summed E-state index contributed by atoms with van der Waals surface area (Å²) >= 11 is 0. The molecule has 0 heterocycles. The molecule has 0 fully saturated rings. The summed E-state index contributed by atoms with van der Waals surface area (Å²) in [7, 11) is 0. The molecule has 0 saturated heterocycles. The predicted octanol–water partition coefficient (Wildman–Crippen LogP) is 4.11. The standard InChI is InChI=1S/C21H32O4.Li.Na.2H/c1-2-3-4-5-6-7-8-9-10-14-17-21(19(22)23,20(24)25)18-15-12-11-13-16-18;;;;/h11-13,15-16H,2-10,14,17H2,1H3,(H,22,23)(H,24,25);;;;. The topological polar surface area (TPSA) is 74.6 Å². The fourth-order valence-corrected chi connectivity index (χ4v) is 3.30. The van der Waals surface area contributed by atoms with Crippen LogP contribution in [0.2, 0.25) is 0 Å². The van der Waals surface area contributed by atoms with E-state index < -0.39 is 17.4 Å². The van der Waals surface area contributed by atoms with Crippen molar-refractivity contribution in [1.29, 1.82) is 0 Å². The first-order valence-corrected chi connectivity index (χ1v) is 9.58. The second kappa shape index (κ2) is 16.7. The van der Waals surface area contributed by atoms with Gasteiger partial charge in [0.15, 0.2) is 5.41 Å². The van der Waals surface area contributed by atoms with E-state index in [1.807, 2.05) is 0 Å². The first-order valence-electron chi connectivity index (χ1n) is 9.58. The van der Waals surface area contributed by atoms with Crippen LogP contribution < -0.4 is 0 Å². The van der Waals surface area contributed by atoms with E-state index in [9.17, 15) is 19.8 Å². The van der Waals surface area contributed by atoms with Crippen molar-refractivity contribution in [3.8, 4) is 0 Å². The van der Waals surface area contributed by atoms with Crippen LogP contribution in [0.1, 0.15) is 83.1 Å². The quantitative estimate of drug-likeness (QED) is 0.289.